The minimum absolute atomic E-state index is 0.243. The van der Waals surface area contributed by atoms with Gasteiger partial charge in [-0.15, -0.1) is 0 Å². The largest absolute Gasteiger partial charge is 0.468 e. The van der Waals surface area contributed by atoms with Gasteiger partial charge in [-0.1, -0.05) is 36.4 Å². The van der Waals surface area contributed by atoms with Crippen LogP contribution in [0.15, 0.2) is 59.0 Å². The van der Waals surface area contributed by atoms with Gasteiger partial charge in [-0.25, -0.2) is 4.79 Å². The van der Waals surface area contributed by atoms with E-state index in [-0.39, 0.29) is 11.7 Å². The standard InChI is InChI=1S/C19H16N2O3/c1-23-19(22)18(21-12-17-9-8-16(11-20)24-17)15-7-6-13-4-2-3-5-14(13)10-15/h2-10,18,21H,12H2,1H3/t18-/m1/s1. The van der Waals surface area contributed by atoms with Crippen molar-refractivity contribution in [1.29, 1.82) is 5.26 Å². The van der Waals surface area contributed by atoms with E-state index in [9.17, 15) is 4.79 Å². The molecule has 0 unspecified atom stereocenters. The van der Waals surface area contributed by atoms with Crippen LogP contribution in [0.5, 0.6) is 0 Å². The lowest BCUT2D eigenvalue weighted by atomic mass is 10.0. The maximum Gasteiger partial charge on any atom is 0.327 e. The summed E-state index contributed by atoms with van der Waals surface area (Å²) in [6.07, 6.45) is 0. The molecule has 1 atom stereocenters. The van der Waals surface area contributed by atoms with Gasteiger partial charge in [0.1, 0.15) is 17.9 Å². The van der Waals surface area contributed by atoms with Gasteiger partial charge in [0.25, 0.3) is 0 Å². The molecular formula is C19H16N2O3. The number of carbonyl (C=O) groups excluding carboxylic acids is 1. The summed E-state index contributed by atoms with van der Waals surface area (Å²) in [5.41, 5.74) is 0.813. The smallest absolute Gasteiger partial charge is 0.327 e. The van der Waals surface area contributed by atoms with Crippen LogP contribution in [0.2, 0.25) is 0 Å². The number of hydrogen-bond acceptors (Lipinski definition) is 5. The molecule has 0 aliphatic rings. The molecule has 24 heavy (non-hydrogen) atoms. The molecule has 1 heterocycles. The van der Waals surface area contributed by atoms with Gasteiger partial charge in [0, 0.05) is 0 Å². The fraction of sp³-hybridized carbons (Fsp3) is 0.158. The van der Waals surface area contributed by atoms with Crippen molar-refractivity contribution >= 4 is 16.7 Å². The lowest BCUT2D eigenvalue weighted by Crippen LogP contribution is -2.29. The maximum absolute atomic E-state index is 12.2. The van der Waals surface area contributed by atoms with E-state index in [1.807, 2.05) is 48.5 Å². The molecule has 0 aliphatic carbocycles. The second kappa shape index (κ2) is 6.99. The molecule has 0 radical (unpaired) electrons. The molecule has 3 aromatic rings. The molecular weight excluding hydrogens is 304 g/mol. The monoisotopic (exact) mass is 320 g/mol. The molecule has 1 aromatic heterocycles. The van der Waals surface area contributed by atoms with Crippen LogP contribution in [-0.4, -0.2) is 13.1 Å². The number of hydrogen-bond donors (Lipinski definition) is 1. The van der Waals surface area contributed by atoms with Crippen LogP contribution < -0.4 is 5.32 Å². The molecule has 5 nitrogen and oxygen atoms in total. The van der Waals surface area contributed by atoms with Gasteiger partial charge in [0.15, 0.2) is 0 Å². The number of furan rings is 1. The van der Waals surface area contributed by atoms with Crippen molar-refractivity contribution in [3.63, 3.8) is 0 Å². The zero-order chi connectivity index (χ0) is 16.9. The number of nitriles is 1. The highest BCUT2D eigenvalue weighted by atomic mass is 16.5. The third-order valence-corrected chi connectivity index (χ3v) is 3.80. The Kier molecular flexibility index (Phi) is 4.59. The Morgan fingerprint density at radius 3 is 2.71 bits per heavy atom. The maximum atomic E-state index is 12.2. The Morgan fingerprint density at radius 2 is 2.00 bits per heavy atom. The number of nitrogens with zero attached hydrogens (tertiary/aromatic N) is 1. The van der Waals surface area contributed by atoms with E-state index < -0.39 is 6.04 Å². The SMILES string of the molecule is COC(=O)[C@H](NCc1ccc(C#N)o1)c1ccc2ccccc2c1. The van der Waals surface area contributed by atoms with Crippen LogP contribution in [0.3, 0.4) is 0 Å². The van der Waals surface area contributed by atoms with Crippen molar-refractivity contribution in [2.45, 2.75) is 12.6 Å². The second-order valence-electron chi connectivity index (χ2n) is 5.32. The molecule has 0 saturated heterocycles. The highest BCUT2D eigenvalue weighted by Gasteiger charge is 2.21. The van der Waals surface area contributed by atoms with Gasteiger partial charge >= 0.3 is 5.97 Å². The van der Waals surface area contributed by atoms with E-state index in [0.29, 0.717) is 12.3 Å². The van der Waals surface area contributed by atoms with Gasteiger partial charge in [0.05, 0.1) is 13.7 Å². The van der Waals surface area contributed by atoms with E-state index in [1.165, 1.54) is 7.11 Å². The van der Waals surface area contributed by atoms with E-state index >= 15 is 0 Å². The Balaban J connectivity index is 1.84. The second-order valence-corrected chi connectivity index (χ2v) is 5.32. The molecule has 120 valence electrons. The Bertz CT molecular complexity index is 908. The van der Waals surface area contributed by atoms with E-state index in [2.05, 4.69) is 5.32 Å². The first-order valence-corrected chi connectivity index (χ1v) is 7.50. The summed E-state index contributed by atoms with van der Waals surface area (Å²) in [5.74, 6) is 0.450. The summed E-state index contributed by atoms with van der Waals surface area (Å²) in [5, 5.41) is 14.1. The molecule has 0 fully saturated rings. The molecule has 0 bridgehead atoms. The zero-order valence-electron chi connectivity index (χ0n) is 13.2. The topological polar surface area (TPSA) is 75.3 Å². The number of rotatable bonds is 5. The summed E-state index contributed by atoms with van der Waals surface area (Å²) < 4.78 is 10.2. The first-order valence-electron chi connectivity index (χ1n) is 7.50. The van der Waals surface area contributed by atoms with Crippen molar-refractivity contribution in [3.05, 3.63) is 71.7 Å². The molecule has 2 aromatic carbocycles. The first kappa shape index (κ1) is 15.8. The number of benzene rings is 2. The van der Waals surface area contributed by atoms with Crippen LogP contribution >= 0.6 is 0 Å². The number of carbonyl (C=O) groups is 1. The quantitative estimate of drug-likeness (QED) is 0.730. The summed E-state index contributed by atoms with van der Waals surface area (Å²) in [4.78, 5) is 12.2. The molecule has 0 amide bonds. The third kappa shape index (κ3) is 3.29. The Morgan fingerprint density at radius 1 is 1.21 bits per heavy atom. The predicted octanol–water partition coefficient (Wildman–Crippen LogP) is 3.31. The van der Waals surface area contributed by atoms with Gasteiger partial charge < -0.3 is 9.15 Å². The highest BCUT2D eigenvalue weighted by Crippen LogP contribution is 2.22. The minimum Gasteiger partial charge on any atom is -0.468 e. The average molecular weight is 320 g/mol. The van der Waals surface area contributed by atoms with Crippen molar-refractivity contribution < 1.29 is 13.9 Å². The number of nitrogens with one attached hydrogen (secondary N) is 1. The molecule has 0 saturated carbocycles. The summed E-state index contributed by atoms with van der Waals surface area (Å²) >= 11 is 0. The van der Waals surface area contributed by atoms with Crippen LogP contribution in [0.1, 0.15) is 23.1 Å². The van der Waals surface area contributed by atoms with Crippen LogP contribution in [0, 0.1) is 11.3 Å². The first-order chi connectivity index (χ1) is 11.7. The lowest BCUT2D eigenvalue weighted by Gasteiger charge is -2.17. The Hall–Kier alpha value is -3.10. The number of fused-ring (bicyclic) bond motifs is 1. The number of ether oxygens (including phenoxy) is 1. The van der Waals surface area contributed by atoms with Crippen molar-refractivity contribution in [1.82, 2.24) is 5.32 Å². The zero-order valence-corrected chi connectivity index (χ0v) is 13.2. The average Bonchev–Trinajstić information content (AvgIpc) is 3.09. The van der Waals surface area contributed by atoms with Crippen LogP contribution in [0.4, 0.5) is 0 Å². The third-order valence-electron chi connectivity index (χ3n) is 3.80. The molecule has 0 spiro atoms. The van der Waals surface area contributed by atoms with Gasteiger partial charge in [0.2, 0.25) is 5.76 Å². The normalized spacial score (nSPS) is 11.8. The van der Waals surface area contributed by atoms with Crippen molar-refractivity contribution in [3.8, 4) is 6.07 Å². The van der Waals surface area contributed by atoms with Gasteiger partial charge in [-0.3, -0.25) is 5.32 Å². The predicted molar refractivity (Wildman–Crippen MR) is 89.0 cm³/mol. The fourth-order valence-electron chi connectivity index (χ4n) is 2.58. The summed E-state index contributed by atoms with van der Waals surface area (Å²) in [6.45, 7) is 0.314. The van der Waals surface area contributed by atoms with Crippen LogP contribution in [0.25, 0.3) is 10.8 Å². The minimum atomic E-state index is -0.616. The molecule has 5 heteroatoms. The lowest BCUT2D eigenvalue weighted by molar-refractivity contribution is -0.143. The molecule has 0 aliphatic heterocycles. The van der Waals surface area contributed by atoms with Crippen molar-refractivity contribution in [2.75, 3.05) is 7.11 Å². The molecule has 3 rings (SSSR count). The fourth-order valence-corrected chi connectivity index (χ4v) is 2.58. The highest BCUT2D eigenvalue weighted by molar-refractivity contribution is 5.85. The van der Waals surface area contributed by atoms with Crippen molar-refractivity contribution in [2.24, 2.45) is 0 Å². The molecule has 1 N–H and O–H groups in total. The number of esters is 1. The Labute approximate surface area is 139 Å². The van der Waals surface area contributed by atoms with Gasteiger partial charge in [-0.2, -0.15) is 5.26 Å². The summed E-state index contributed by atoms with van der Waals surface area (Å²) in [6, 6.07) is 18.4. The van der Waals surface area contributed by atoms with E-state index in [0.717, 1.165) is 16.3 Å². The van der Waals surface area contributed by atoms with E-state index in [1.54, 1.807) is 12.1 Å². The number of methoxy groups -OCH3 is 1. The van der Waals surface area contributed by atoms with E-state index in [4.69, 9.17) is 14.4 Å². The van der Waals surface area contributed by atoms with Gasteiger partial charge in [-0.05, 0) is 34.5 Å². The summed E-state index contributed by atoms with van der Waals surface area (Å²) in [7, 11) is 1.36. The van der Waals surface area contributed by atoms with Crippen LogP contribution in [-0.2, 0) is 16.1 Å².